The summed E-state index contributed by atoms with van der Waals surface area (Å²) < 4.78 is 15.8. The van der Waals surface area contributed by atoms with Crippen molar-refractivity contribution in [2.75, 3.05) is 7.11 Å². The van der Waals surface area contributed by atoms with Gasteiger partial charge in [-0.2, -0.15) is 0 Å². The van der Waals surface area contributed by atoms with Crippen molar-refractivity contribution in [1.29, 1.82) is 0 Å². The maximum Gasteiger partial charge on any atom is 0.305 e. The zero-order chi connectivity index (χ0) is 11.9. The Kier molecular flexibility index (Phi) is 2.75. The van der Waals surface area contributed by atoms with Crippen LogP contribution in [0.5, 0.6) is 0 Å². The molecule has 0 amide bonds. The van der Waals surface area contributed by atoms with Crippen molar-refractivity contribution in [3.8, 4) is 0 Å². The van der Waals surface area contributed by atoms with Crippen molar-refractivity contribution < 1.29 is 23.8 Å². The van der Waals surface area contributed by atoms with Gasteiger partial charge in [-0.1, -0.05) is 0 Å². The van der Waals surface area contributed by atoms with Crippen LogP contribution in [-0.4, -0.2) is 36.9 Å². The maximum atomic E-state index is 11.7. The smallest absolute Gasteiger partial charge is 0.305 e. The van der Waals surface area contributed by atoms with Gasteiger partial charge in [0.15, 0.2) is 11.6 Å². The highest BCUT2D eigenvalue weighted by molar-refractivity contribution is 5.87. The van der Waals surface area contributed by atoms with E-state index in [1.54, 1.807) is 13.8 Å². The molecule has 2 rings (SSSR count). The van der Waals surface area contributed by atoms with E-state index in [1.165, 1.54) is 7.11 Å². The quantitative estimate of drug-likeness (QED) is 0.650. The molecule has 1 saturated heterocycles. The molecule has 3 atom stereocenters. The summed E-state index contributed by atoms with van der Waals surface area (Å²) in [6, 6.07) is 0. The molecular formula is C11H16O5. The zero-order valence-electron chi connectivity index (χ0n) is 9.69. The minimum Gasteiger partial charge on any atom is -0.469 e. The number of carbonyl (C=O) groups excluding carboxylic acids is 2. The summed E-state index contributed by atoms with van der Waals surface area (Å²) in [6.45, 7) is 3.54. The third-order valence-corrected chi connectivity index (χ3v) is 3.03. The molecule has 1 saturated carbocycles. The van der Waals surface area contributed by atoms with Crippen LogP contribution in [0, 0.1) is 5.92 Å². The molecule has 0 spiro atoms. The zero-order valence-corrected chi connectivity index (χ0v) is 9.69. The van der Waals surface area contributed by atoms with E-state index < -0.39 is 11.9 Å². The number of carbonyl (C=O) groups is 2. The Balaban J connectivity index is 2.07. The summed E-state index contributed by atoms with van der Waals surface area (Å²) in [6.07, 6.45) is -0.269. The average Bonchev–Trinajstić information content (AvgIpc) is 2.64. The Morgan fingerprint density at radius 2 is 2.19 bits per heavy atom. The van der Waals surface area contributed by atoms with Crippen LogP contribution < -0.4 is 0 Å². The molecule has 0 bridgehead atoms. The average molecular weight is 228 g/mol. The van der Waals surface area contributed by atoms with Gasteiger partial charge in [-0.3, -0.25) is 9.59 Å². The highest BCUT2D eigenvalue weighted by atomic mass is 16.8. The maximum absolute atomic E-state index is 11.7. The predicted octanol–water partition coefficient (Wildman–Crippen LogP) is 0.659. The number of fused-ring (bicyclic) bond motifs is 1. The lowest BCUT2D eigenvalue weighted by molar-refractivity contribution is -0.165. The van der Waals surface area contributed by atoms with E-state index in [4.69, 9.17) is 9.47 Å². The van der Waals surface area contributed by atoms with Crippen molar-refractivity contribution in [1.82, 2.24) is 0 Å². The van der Waals surface area contributed by atoms with Gasteiger partial charge in [-0.15, -0.1) is 0 Å². The largest absolute Gasteiger partial charge is 0.469 e. The van der Waals surface area contributed by atoms with Gasteiger partial charge in [0.25, 0.3) is 0 Å². The van der Waals surface area contributed by atoms with Crippen LogP contribution in [0.1, 0.15) is 26.7 Å². The number of ether oxygens (including phenoxy) is 3. The topological polar surface area (TPSA) is 61.8 Å². The number of esters is 1. The van der Waals surface area contributed by atoms with Crippen LogP contribution >= 0.6 is 0 Å². The molecule has 2 aliphatic rings. The molecule has 0 radical (unpaired) electrons. The minimum absolute atomic E-state index is 0.0180. The standard InChI is InChI=1S/C11H16O5/c1-11(2)15-9-6(5-8(13)14-3)4-7(12)10(9)16-11/h6,9-10H,4-5H2,1-3H3/t6-,9-,10+/m1/s1. The molecular weight excluding hydrogens is 212 g/mol. The van der Waals surface area contributed by atoms with Crippen LogP contribution in [0.3, 0.4) is 0 Å². The van der Waals surface area contributed by atoms with Crippen LogP contribution in [0.15, 0.2) is 0 Å². The third kappa shape index (κ3) is 1.97. The SMILES string of the molecule is COC(=O)C[C@H]1CC(=O)[C@@H]2OC(C)(C)O[C@H]12. The molecule has 1 heterocycles. The highest BCUT2D eigenvalue weighted by Gasteiger charge is 2.53. The van der Waals surface area contributed by atoms with E-state index in [0.717, 1.165) is 0 Å². The third-order valence-electron chi connectivity index (χ3n) is 3.03. The molecule has 5 heteroatoms. The number of hydrogen-bond acceptors (Lipinski definition) is 5. The van der Waals surface area contributed by atoms with Gasteiger partial charge >= 0.3 is 5.97 Å². The molecule has 1 aliphatic heterocycles. The van der Waals surface area contributed by atoms with Gasteiger partial charge in [0, 0.05) is 12.3 Å². The van der Waals surface area contributed by atoms with Gasteiger partial charge in [-0.25, -0.2) is 0 Å². The van der Waals surface area contributed by atoms with E-state index >= 15 is 0 Å². The number of rotatable bonds is 2. The highest BCUT2D eigenvalue weighted by Crippen LogP contribution is 2.40. The molecule has 1 aliphatic carbocycles. The van der Waals surface area contributed by atoms with E-state index in [1.807, 2.05) is 0 Å². The lowest BCUT2D eigenvalue weighted by atomic mass is 10.0. The van der Waals surface area contributed by atoms with Crippen molar-refractivity contribution in [2.45, 2.75) is 44.7 Å². The Morgan fingerprint density at radius 1 is 1.50 bits per heavy atom. The van der Waals surface area contributed by atoms with Gasteiger partial charge in [-0.05, 0) is 13.8 Å². The molecule has 0 N–H and O–H groups in total. The van der Waals surface area contributed by atoms with Crippen molar-refractivity contribution in [3.05, 3.63) is 0 Å². The van der Waals surface area contributed by atoms with Gasteiger partial charge in [0.2, 0.25) is 0 Å². The molecule has 0 aromatic carbocycles. The molecule has 90 valence electrons. The summed E-state index contributed by atoms with van der Waals surface area (Å²) in [7, 11) is 1.34. The number of ketones is 1. The second-order valence-electron chi connectivity index (χ2n) is 4.73. The van der Waals surface area contributed by atoms with E-state index in [0.29, 0.717) is 6.42 Å². The van der Waals surface area contributed by atoms with Crippen molar-refractivity contribution in [3.63, 3.8) is 0 Å². The van der Waals surface area contributed by atoms with Gasteiger partial charge < -0.3 is 14.2 Å². The van der Waals surface area contributed by atoms with Gasteiger partial charge in [0.1, 0.15) is 6.10 Å². The first-order chi connectivity index (χ1) is 7.43. The van der Waals surface area contributed by atoms with Crippen LogP contribution in [-0.2, 0) is 23.8 Å². The van der Waals surface area contributed by atoms with Crippen LogP contribution in [0.4, 0.5) is 0 Å². The minimum atomic E-state index is -0.736. The molecule has 0 unspecified atom stereocenters. The number of hydrogen-bond donors (Lipinski definition) is 0. The monoisotopic (exact) mass is 228 g/mol. The van der Waals surface area contributed by atoms with E-state index in [9.17, 15) is 9.59 Å². The van der Waals surface area contributed by atoms with E-state index in [2.05, 4.69) is 4.74 Å². The first-order valence-corrected chi connectivity index (χ1v) is 5.38. The van der Waals surface area contributed by atoms with Crippen LogP contribution in [0.2, 0.25) is 0 Å². The summed E-state index contributed by atoms with van der Waals surface area (Å²) in [5.41, 5.74) is 0. The first kappa shape index (κ1) is 11.5. The molecule has 16 heavy (non-hydrogen) atoms. The Morgan fingerprint density at radius 3 is 2.81 bits per heavy atom. The molecule has 5 nitrogen and oxygen atoms in total. The summed E-state index contributed by atoms with van der Waals surface area (Å²) >= 11 is 0. The lowest BCUT2D eigenvalue weighted by Gasteiger charge is -2.20. The van der Waals surface area contributed by atoms with E-state index in [-0.39, 0.29) is 30.2 Å². The molecule has 2 fully saturated rings. The summed E-state index contributed by atoms with van der Waals surface area (Å²) in [5, 5.41) is 0. The predicted molar refractivity (Wildman–Crippen MR) is 53.6 cm³/mol. The first-order valence-electron chi connectivity index (χ1n) is 5.38. The fourth-order valence-corrected chi connectivity index (χ4v) is 2.36. The molecule has 0 aromatic rings. The fraction of sp³-hybridized carbons (Fsp3) is 0.818. The fourth-order valence-electron chi connectivity index (χ4n) is 2.36. The normalized spacial score (nSPS) is 36.2. The summed E-state index contributed by atoms with van der Waals surface area (Å²) in [4.78, 5) is 22.9. The lowest BCUT2D eigenvalue weighted by Crippen LogP contribution is -2.27. The Labute approximate surface area is 94.0 Å². The number of methoxy groups -OCH3 is 1. The Hall–Kier alpha value is -0.940. The number of Topliss-reactive ketones (excluding diaryl/α,β-unsaturated/α-hetero) is 1. The van der Waals surface area contributed by atoms with Crippen molar-refractivity contribution in [2.24, 2.45) is 5.92 Å². The summed E-state index contributed by atoms with van der Waals surface area (Å²) in [5.74, 6) is -1.15. The Bertz CT molecular complexity index is 322. The van der Waals surface area contributed by atoms with Gasteiger partial charge in [0.05, 0.1) is 19.6 Å². The molecule has 0 aromatic heterocycles. The second-order valence-corrected chi connectivity index (χ2v) is 4.73. The second kappa shape index (κ2) is 3.82. The van der Waals surface area contributed by atoms with Crippen LogP contribution in [0.25, 0.3) is 0 Å². The van der Waals surface area contributed by atoms with Crippen molar-refractivity contribution >= 4 is 11.8 Å².